The number of aromatic nitrogens is 2. The van der Waals surface area contributed by atoms with Crippen molar-refractivity contribution < 1.29 is 9.90 Å². The summed E-state index contributed by atoms with van der Waals surface area (Å²) in [5.74, 6) is 0.219. The van der Waals surface area contributed by atoms with Crippen LogP contribution in [0.15, 0.2) is 6.33 Å². The van der Waals surface area contributed by atoms with E-state index in [2.05, 4.69) is 15.3 Å². The molecule has 0 saturated heterocycles. The van der Waals surface area contributed by atoms with Gasteiger partial charge >= 0.3 is 5.97 Å². The van der Waals surface area contributed by atoms with Crippen molar-refractivity contribution in [2.75, 3.05) is 11.9 Å². The lowest BCUT2D eigenvalue weighted by Gasteiger charge is -2.13. The largest absolute Gasteiger partial charge is 0.481 e. The van der Waals surface area contributed by atoms with E-state index >= 15 is 0 Å². The number of rotatable bonds is 5. The number of carboxylic acids is 1. The fraction of sp³-hybridized carbons (Fsp3) is 0.583. The summed E-state index contributed by atoms with van der Waals surface area (Å²) in [5.41, 5.74) is 2.34. The molecular formula is C12H17N3O2. The summed E-state index contributed by atoms with van der Waals surface area (Å²) in [4.78, 5) is 19.0. The number of carboxylic acid groups (broad SMARTS) is 1. The van der Waals surface area contributed by atoms with Gasteiger partial charge in [-0.25, -0.2) is 9.97 Å². The minimum atomic E-state index is -0.757. The highest BCUT2D eigenvalue weighted by atomic mass is 16.4. The minimum absolute atomic E-state index is 0.0968. The zero-order valence-corrected chi connectivity index (χ0v) is 9.94. The van der Waals surface area contributed by atoms with Gasteiger partial charge in [0.1, 0.15) is 12.1 Å². The lowest BCUT2D eigenvalue weighted by atomic mass is 10.1. The van der Waals surface area contributed by atoms with Gasteiger partial charge in [0.25, 0.3) is 0 Å². The number of nitrogens with one attached hydrogen (secondary N) is 1. The second-order valence-corrected chi connectivity index (χ2v) is 4.59. The van der Waals surface area contributed by atoms with Gasteiger partial charge in [0.05, 0.1) is 0 Å². The molecule has 5 heteroatoms. The average Bonchev–Trinajstić information content (AvgIpc) is 2.73. The molecule has 0 radical (unpaired) electrons. The second kappa shape index (κ2) is 5.12. The van der Waals surface area contributed by atoms with E-state index in [4.69, 9.17) is 5.11 Å². The lowest BCUT2D eigenvalue weighted by molar-refractivity contribution is -0.137. The Hall–Kier alpha value is -1.65. The van der Waals surface area contributed by atoms with Crippen LogP contribution < -0.4 is 5.32 Å². The first-order chi connectivity index (χ1) is 8.16. The van der Waals surface area contributed by atoms with Gasteiger partial charge < -0.3 is 10.4 Å². The predicted molar refractivity (Wildman–Crippen MR) is 64.0 cm³/mol. The molecule has 5 nitrogen and oxygen atoms in total. The van der Waals surface area contributed by atoms with Gasteiger partial charge in [-0.05, 0) is 25.2 Å². The molecule has 1 heterocycles. The standard InChI is InChI=1S/C12H17N3O2/c1-8(5-11(16)17)6-13-12-9-3-2-4-10(9)14-7-15-12/h7-8H,2-6H2,1H3,(H,16,17)(H,13,14,15). The molecule has 0 saturated carbocycles. The van der Waals surface area contributed by atoms with Gasteiger partial charge in [0.2, 0.25) is 0 Å². The van der Waals surface area contributed by atoms with E-state index in [1.54, 1.807) is 6.33 Å². The Morgan fingerprint density at radius 1 is 1.53 bits per heavy atom. The molecule has 1 unspecified atom stereocenters. The van der Waals surface area contributed by atoms with Crippen LogP contribution >= 0.6 is 0 Å². The van der Waals surface area contributed by atoms with Gasteiger partial charge in [-0.1, -0.05) is 6.92 Å². The average molecular weight is 235 g/mol. The van der Waals surface area contributed by atoms with Crippen LogP contribution in [0.1, 0.15) is 31.0 Å². The minimum Gasteiger partial charge on any atom is -0.481 e. The number of anilines is 1. The summed E-state index contributed by atoms with van der Waals surface area (Å²) in [6.07, 6.45) is 4.94. The van der Waals surface area contributed by atoms with Crippen molar-refractivity contribution in [3.63, 3.8) is 0 Å². The Kier molecular flexibility index (Phi) is 3.56. The van der Waals surface area contributed by atoms with Crippen molar-refractivity contribution in [3.8, 4) is 0 Å². The number of nitrogens with zero attached hydrogens (tertiary/aromatic N) is 2. The first-order valence-electron chi connectivity index (χ1n) is 5.95. The third kappa shape index (κ3) is 2.93. The first kappa shape index (κ1) is 11.8. The lowest BCUT2D eigenvalue weighted by Crippen LogP contribution is -2.16. The molecule has 2 rings (SSSR count). The SMILES string of the molecule is CC(CNc1ncnc2c1CCC2)CC(=O)O. The zero-order valence-electron chi connectivity index (χ0n) is 9.94. The molecule has 0 bridgehead atoms. The highest BCUT2D eigenvalue weighted by Crippen LogP contribution is 2.25. The fourth-order valence-electron chi connectivity index (χ4n) is 2.15. The molecule has 1 aliphatic rings. The Bertz CT molecular complexity index is 420. The maximum Gasteiger partial charge on any atom is 0.303 e. The van der Waals surface area contributed by atoms with E-state index in [0.29, 0.717) is 6.54 Å². The fourth-order valence-corrected chi connectivity index (χ4v) is 2.15. The third-order valence-electron chi connectivity index (χ3n) is 3.02. The topological polar surface area (TPSA) is 75.1 Å². The van der Waals surface area contributed by atoms with Crippen LogP contribution in [0.4, 0.5) is 5.82 Å². The van der Waals surface area contributed by atoms with E-state index in [-0.39, 0.29) is 12.3 Å². The van der Waals surface area contributed by atoms with Crippen molar-refractivity contribution in [1.82, 2.24) is 9.97 Å². The molecule has 0 fully saturated rings. The third-order valence-corrected chi connectivity index (χ3v) is 3.02. The van der Waals surface area contributed by atoms with Gasteiger partial charge in [-0.15, -0.1) is 0 Å². The van der Waals surface area contributed by atoms with Crippen LogP contribution in [-0.2, 0) is 17.6 Å². The van der Waals surface area contributed by atoms with Crippen LogP contribution in [0.5, 0.6) is 0 Å². The maximum absolute atomic E-state index is 10.6. The van der Waals surface area contributed by atoms with Gasteiger partial charge in [-0.3, -0.25) is 4.79 Å². The van der Waals surface area contributed by atoms with Crippen LogP contribution in [0.25, 0.3) is 0 Å². The number of hydrogen-bond donors (Lipinski definition) is 2. The van der Waals surface area contributed by atoms with Crippen LogP contribution in [0.2, 0.25) is 0 Å². The summed E-state index contributed by atoms with van der Waals surface area (Å²) in [6, 6.07) is 0. The van der Waals surface area contributed by atoms with Crippen molar-refractivity contribution in [3.05, 3.63) is 17.6 Å². The molecule has 0 amide bonds. The van der Waals surface area contributed by atoms with Gasteiger partial charge in [0.15, 0.2) is 0 Å². The summed E-state index contributed by atoms with van der Waals surface area (Å²) < 4.78 is 0. The van der Waals surface area contributed by atoms with Crippen LogP contribution in [0, 0.1) is 5.92 Å². The smallest absolute Gasteiger partial charge is 0.303 e. The summed E-state index contributed by atoms with van der Waals surface area (Å²) in [5, 5.41) is 11.9. The number of aliphatic carboxylic acids is 1. The Labute approximate surface area is 100 Å². The molecule has 92 valence electrons. The highest BCUT2D eigenvalue weighted by Gasteiger charge is 2.17. The Morgan fingerprint density at radius 3 is 3.12 bits per heavy atom. The van der Waals surface area contributed by atoms with E-state index in [0.717, 1.165) is 30.8 Å². The quantitative estimate of drug-likeness (QED) is 0.808. The Morgan fingerprint density at radius 2 is 2.35 bits per heavy atom. The summed E-state index contributed by atoms with van der Waals surface area (Å²) in [7, 11) is 0. The molecule has 1 aromatic rings. The van der Waals surface area contributed by atoms with Crippen LogP contribution in [-0.4, -0.2) is 27.6 Å². The second-order valence-electron chi connectivity index (χ2n) is 4.59. The van der Waals surface area contributed by atoms with Crippen molar-refractivity contribution in [2.24, 2.45) is 5.92 Å². The normalized spacial score (nSPS) is 15.4. The molecule has 0 spiro atoms. The molecule has 0 aromatic carbocycles. The summed E-state index contributed by atoms with van der Waals surface area (Å²) >= 11 is 0. The molecule has 2 N–H and O–H groups in total. The number of fused-ring (bicyclic) bond motifs is 1. The molecule has 0 aliphatic heterocycles. The number of carbonyl (C=O) groups is 1. The van der Waals surface area contributed by atoms with E-state index in [9.17, 15) is 4.79 Å². The van der Waals surface area contributed by atoms with E-state index in [1.165, 1.54) is 5.56 Å². The monoisotopic (exact) mass is 235 g/mol. The number of hydrogen-bond acceptors (Lipinski definition) is 4. The number of aryl methyl sites for hydroxylation is 1. The first-order valence-corrected chi connectivity index (χ1v) is 5.95. The van der Waals surface area contributed by atoms with Gasteiger partial charge in [0, 0.05) is 24.2 Å². The highest BCUT2D eigenvalue weighted by molar-refractivity contribution is 5.67. The summed E-state index contributed by atoms with van der Waals surface area (Å²) in [6.45, 7) is 2.55. The Balaban J connectivity index is 1.95. The van der Waals surface area contributed by atoms with E-state index < -0.39 is 5.97 Å². The molecule has 17 heavy (non-hydrogen) atoms. The van der Waals surface area contributed by atoms with Crippen molar-refractivity contribution >= 4 is 11.8 Å². The molecule has 1 aromatic heterocycles. The van der Waals surface area contributed by atoms with E-state index in [1.807, 2.05) is 6.92 Å². The van der Waals surface area contributed by atoms with Crippen molar-refractivity contribution in [2.45, 2.75) is 32.6 Å². The van der Waals surface area contributed by atoms with Crippen LogP contribution in [0.3, 0.4) is 0 Å². The molecule has 1 aliphatic carbocycles. The van der Waals surface area contributed by atoms with Crippen molar-refractivity contribution in [1.29, 1.82) is 0 Å². The molecular weight excluding hydrogens is 218 g/mol. The predicted octanol–water partition coefficient (Wildman–Crippen LogP) is 1.49. The molecule has 1 atom stereocenters. The zero-order chi connectivity index (χ0) is 12.3. The van der Waals surface area contributed by atoms with Gasteiger partial charge in [-0.2, -0.15) is 0 Å². The maximum atomic E-state index is 10.6.